The number of ether oxygens (including phenoxy) is 1. The average molecular weight is 743 g/mol. The summed E-state index contributed by atoms with van der Waals surface area (Å²) in [5.41, 5.74) is 3.98. The van der Waals surface area contributed by atoms with E-state index in [-0.39, 0.29) is 17.7 Å². The number of rotatable bonds is 10. The third kappa shape index (κ3) is 12.5. The predicted molar refractivity (Wildman–Crippen MR) is 175 cm³/mol. The topological polar surface area (TPSA) is 171 Å². The van der Waals surface area contributed by atoms with E-state index in [2.05, 4.69) is 38.8 Å². The number of ketones is 1. The Hall–Kier alpha value is -4.77. The Morgan fingerprint density at radius 3 is 2.06 bits per heavy atom. The summed E-state index contributed by atoms with van der Waals surface area (Å²) in [7, 11) is 0. The molecule has 3 heterocycles. The summed E-state index contributed by atoms with van der Waals surface area (Å²) in [6.07, 6.45) is -2.59. The number of carbonyl (C=O) groups excluding carboxylic acids is 2. The van der Waals surface area contributed by atoms with Crippen LogP contribution in [0.25, 0.3) is 11.3 Å². The Labute approximate surface area is 295 Å². The van der Waals surface area contributed by atoms with Gasteiger partial charge < -0.3 is 35.4 Å². The fourth-order valence-electron chi connectivity index (χ4n) is 5.80. The van der Waals surface area contributed by atoms with Crippen LogP contribution in [0.3, 0.4) is 0 Å². The van der Waals surface area contributed by atoms with E-state index >= 15 is 0 Å². The zero-order valence-electron chi connectivity index (χ0n) is 28.1. The van der Waals surface area contributed by atoms with E-state index in [1.807, 2.05) is 42.6 Å². The summed E-state index contributed by atoms with van der Waals surface area (Å²) in [5.74, 6) is -4.64. The van der Waals surface area contributed by atoms with Gasteiger partial charge in [-0.15, -0.1) is 0 Å². The molecule has 3 aromatic rings. The first-order valence-corrected chi connectivity index (χ1v) is 16.4. The predicted octanol–water partition coefficient (Wildman–Crippen LogP) is 6.26. The second-order valence-corrected chi connectivity index (χ2v) is 12.2. The number of carboxylic acid groups (broad SMARTS) is 2. The molecule has 2 aliphatic rings. The molecule has 5 rings (SSSR count). The van der Waals surface area contributed by atoms with Gasteiger partial charge in [-0.05, 0) is 62.4 Å². The van der Waals surface area contributed by atoms with Crippen LogP contribution in [0.4, 0.5) is 26.3 Å². The zero-order valence-corrected chi connectivity index (χ0v) is 28.1. The number of H-pyrrole nitrogens is 1. The van der Waals surface area contributed by atoms with Gasteiger partial charge in [0.15, 0.2) is 0 Å². The van der Waals surface area contributed by atoms with Crippen LogP contribution in [0.1, 0.15) is 74.9 Å². The maximum absolute atomic E-state index is 13.7. The largest absolute Gasteiger partial charge is 0.490 e. The van der Waals surface area contributed by atoms with E-state index in [9.17, 15) is 35.9 Å². The molecule has 1 aromatic heterocycles. The van der Waals surface area contributed by atoms with Crippen LogP contribution in [-0.4, -0.2) is 75.4 Å². The third-order valence-electron chi connectivity index (χ3n) is 8.32. The second kappa shape index (κ2) is 18.6. The van der Waals surface area contributed by atoms with E-state index < -0.39 is 36.0 Å². The van der Waals surface area contributed by atoms with Gasteiger partial charge in [0.05, 0.1) is 23.5 Å². The quantitative estimate of drug-likeness (QED) is 0.119. The number of amides is 1. The number of aromatic nitrogens is 2. The van der Waals surface area contributed by atoms with Crippen LogP contribution < -0.4 is 10.6 Å². The maximum Gasteiger partial charge on any atom is 0.490 e. The molecular formula is C35H40F6N4O7. The van der Waals surface area contributed by atoms with Crippen molar-refractivity contribution in [1.29, 1.82) is 0 Å². The minimum atomic E-state index is -5.08. The van der Waals surface area contributed by atoms with Gasteiger partial charge in [0.2, 0.25) is 5.91 Å². The molecule has 11 nitrogen and oxygen atoms in total. The molecule has 17 heteroatoms. The van der Waals surface area contributed by atoms with Crippen molar-refractivity contribution in [2.75, 3.05) is 13.1 Å². The van der Waals surface area contributed by atoms with Crippen molar-refractivity contribution >= 4 is 23.6 Å². The molecule has 0 saturated carbocycles. The number of alkyl halides is 6. The fraction of sp³-hybridized carbons (Fsp3) is 0.457. The SMILES string of the molecule is CC(=O)CCCCC[C@H](NC(=O)C1Cc2ccccc2C2(CCNCC2)O1)c1ncc(-c2ccccc2)[nH]1.O=C(O)C(F)(F)F.O=C(O)C(F)(F)F. The highest BCUT2D eigenvalue weighted by Gasteiger charge is 2.44. The van der Waals surface area contributed by atoms with Crippen LogP contribution in [0, 0.1) is 0 Å². The van der Waals surface area contributed by atoms with Crippen LogP contribution in [-0.2, 0) is 35.9 Å². The van der Waals surface area contributed by atoms with Crippen molar-refractivity contribution in [1.82, 2.24) is 20.6 Å². The lowest BCUT2D eigenvalue weighted by molar-refractivity contribution is -0.193. The lowest BCUT2D eigenvalue weighted by Crippen LogP contribution is -2.52. The number of carbonyl (C=O) groups is 4. The number of aromatic amines is 1. The highest BCUT2D eigenvalue weighted by atomic mass is 19.4. The number of imidazole rings is 1. The molecule has 2 aliphatic heterocycles. The van der Waals surface area contributed by atoms with Gasteiger partial charge in [-0.3, -0.25) is 4.79 Å². The van der Waals surface area contributed by atoms with Gasteiger partial charge >= 0.3 is 24.3 Å². The first-order chi connectivity index (χ1) is 24.4. The smallest absolute Gasteiger partial charge is 0.475 e. The van der Waals surface area contributed by atoms with E-state index in [0.717, 1.165) is 68.7 Å². The summed E-state index contributed by atoms with van der Waals surface area (Å²) in [6.45, 7) is 3.38. The standard InChI is InChI=1S/C31H38N4O3.2C2HF3O2/c1-22(36)10-4-2-7-15-26(29-33-21-27(34-29)23-11-5-3-6-12-23)35-30(37)28-20-24-13-8-9-14-25(24)31(38-28)16-18-32-19-17-31;2*3-2(4,5)1(6)7/h3,5-6,8-9,11-14,21,26,28,32H,2,4,7,10,15-20H2,1H3,(H,33,34)(H,35,37);2*(H,6,7)/t26-,28?;;/m0../s1. The van der Waals surface area contributed by atoms with Gasteiger partial charge in [-0.25, -0.2) is 14.6 Å². The number of aliphatic carboxylic acids is 2. The van der Waals surface area contributed by atoms with Crippen molar-refractivity contribution in [3.05, 3.63) is 77.7 Å². The second-order valence-electron chi connectivity index (χ2n) is 12.2. The van der Waals surface area contributed by atoms with Crippen molar-refractivity contribution in [2.24, 2.45) is 0 Å². The maximum atomic E-state index is 13.7. The summed E-state index contributed by atoms with van der Waals surface area (Å²) >= 11 is 0. The molecule has 52 heavy (non-hydrogen) atoms. The lowest BCUT2D eigenvalue weighted by atomic mass is 9.78. The molecule has 1 saturated heterocycles. The highest BCUT2D eigenvalue weighted by Crippen LogP contribution is 2.42. The lowest BCUT2D eigenvalue weighted by Gasteiger charge is -2.45. The van der Waals surface area contributed by atoms with E-state index in [0.29, 0.717) is 12.8 Å². The Morgan fingerprint density at radius 1 is 0.904 bits per heavy atom. The average Bonchev–Trinajstić information content (AvgIpc) is 3.58. The highest BCUT2D eigenvalue weighted by molar-refractivity contribution is 5.82. The summed E-state index contributed by atoms with van der Waals surface area (Å²) < 4.78 is 70.1. The number of hydrogen-bond acceptors (Lipinski definition) is 7. The number of hydrogen-bond donors (Lipinski definition) is 5. The molecular weight excluding hydrogens is 702 g/mol. The number of nitrogens with zero attached hydrogens (tertiary/aromatic N) is 1. The van der Waals surface area contributed by atoms with Gasteiger partial charge in [-0.1, -0.05) is 67.4 Å². The molecule has 1 amide bonds. The number of piperidine rings is 1. The summed E-state index contributed by atoms with van der Waals surface area (Å²) in [5, 5.41) is 21.0. The number of carboxylic acids is 2. The Balaban J connectivity index is 0.000000441. The molecule has 0 radical (unpaired) electrons. The van der Waals surface area contributed by atoms with E-state index in [1.165, 1.54) is 11.1 Å². The van der Waals surface area contributed by atoms with Crippen molar-refractivity contribution < 1.29 is 60.5 Å². The minimum Gasteiger partial charge on any atom is -0.475 e. The van der Waals surface area contributed by atoms with Crippen molar-refractivity contribution in [3.63, 3.8) is 0 Å². The van der Waals surface area contributed by atoms with Crippen molar-refractivity contribution in [2.45, 2.75) is 88.4 Å². The molecule has 284 valence electrons. The number of Topliss-reactive ketones (excluding diaryl/α,β-unsaturated/α-hetero) is 1. The van der Waals surface area contributed by atoms with Crippen LogP contribution >= 0.6 is 0 Å². The van der Waals surface area contributed by atoms with Crippen LogP contribution in [0.2, 0.25) is 0 Å². The number of benzene rings is 2. The number of unbranched alkanes of at least 4 members (excludes halogenated alkanes) is 2. The van der Waals surface area contributed by atoms with Crippen molar-refractivity contribution in [3.8, 4) is 11.3 Å². The van der Waals surface area contributed by atoms with Crippen LogP contribution in [0.15, 0.2) is 60.8 Å². The molecule has 1 fully saturated rings. The molecule has 1 spiro atoms. The third-order valence-corrected chi connectivity index (χ3v) is 8.32. The Bertz CT molecular complexity index is 1620. The molecule has 0 bridgehead atoms. The first kappa shape index (κ1) is 41.6. The number of halogens is 6. The summed E-state index contributed by atoms with van der Waals surface area (Å²) in [6, 6.07) is 18.2. The minimum absolute atomic E-state index is 0.0937. The van der Waals surface area contributed by atoms with Gasteiger partial charge in [0.1, 0.15) is 17.7 Å². The monoisotopic (exact) mass is 742 g/mol. The molecule has 0 aliphatic carbocycles. The van der Waals surface area contributed by atoms with E-state index in [4.69, 9.17) is 24.5 Å². The molecule has 2 atom stereocenters. The Kier molecular flexibility index (Phi) is 14.9. The molecule has 2 aromatic carbocycles. The van der Waals surface area contributed by atoms with E-state index in [1.54, 1.807) is 6.92 Å². The number of fused-ring (bicyclic) bond motifs is 2. The first-order valence-electron chi connectivity index (χ1n) is 16.4. The summed E-state index contributed by atoms with van der Waals surface area (Å²) in [4.78, 5) is 51.0. The number of nitrogens with one attached hydrogen (secondary N) is 3. The normalized spacial score (nSPS) is 16.9. The Morgan fingerprint density at radius 2 is 1.48 bits per heavy atom. The molecule has 1 unspecified atom stereocenters. The van der Waals surface area contributed by atoms with Gasteiger partial charge in [-0.2, -0.15) is 26.3 Å². The fourth-order valence-corrected chi connectivity index (χ4v) is 5.80. The van der Waals surface area contributed by atoms with Gasteiger partial charge in [0.25, 0.3) is 0 Å². The molecule has 5 N–H and O–H groups in total. The van der Waals surface area contributed by atoms with Gasteiger partial charge in [0, 0.05) is 12.8 Å². The van der Waals surface area contributed by atoms with Crippen LogP contribution in [0.5, 0.6) is 0 Å². The zero-order chi connectivity index (χ0) is 38.5.